The third-order valence-electron chi connectivity index (χ3n) is 2.73. The van der Waals surface area contributed by atoms with Gasteiger partial charge in [0.15, 0.2) is 0 Å². The van der Waals surface area contributed by atoms with E-state index in [9.17, 15) is 4.79 Å². The quantitative estimate of drug-likeness (QED) is 0.840. The molecule has 1 N–H and O–H groups in total. The van der Waals surface area contributed by atoms with Gasteiger partial charge in [-0.1, -0.05) is 50.3 Å². The van der Waals surface area contributed by atoms with Crippen LogP contribution in [-0.2, 0) is 10.2 Å². The summed E-state index contributed by atoms with van der Waals surface area (Å²) in [6.45, 7) is 9.73. The van der Waals surface area contributed by atoms with E-state index >= 15 is 0 Å². The van der Waals surface area contributed by atoms with E-state index in [4.69, 9.17) is 5.11 Å². The Hall–Kier alpha value is -1.57. The lowest BCUT2D eigenvalue weighted by Crippen LogP contribution is -2.21. The fraction of sp³-hybridized carbons (Fsp3) is 0.357. The molecule has 0 heterocycles. The molecular formula is C14H18O2. The summed E-state index contributed by atoms with van der Waals surface area (Å²) in [7, 11) is 0. The molecule has 2 nitrogen and oxygen atoms in total. The minimum atomic E-state index is -0.772. The van der Waals surface area contributed by atoms with Gasteiger partial charge in [-0.25, -0.2) is 0 Å². The lowest BCUT2D eigenvalue weighted by molar-refractivity contribution is -0.138. The standard InChI is InChI=1S/C14H18O2/c1-10(2)11-6-5-7-12(8-11)14(3,4)9-13(15)16/h5-8H,1,9H2,2-4H3,(H,15,16). The second kappa shape index (κ2) is 4.52. The smallest absolute Gasteiger partial charge is 0.304 e. The number of allylic oxidation sites excluding steroid dienone is 1. The van der Waals surface area contributed by atoms with Crippen molar-refractivity contribution in [3.63, 3.8) is 0 Å². The van der Waals surface area contributed by atoms with Crippen molar-refractivity contribution in [1.29, 1.82) is 0 Å². The van der Waals surface area contributed by atoms with Crippen molar-refractivity contribution >= 4 is 11.5 Å². The Morgan fingerprint density at radius 2 is 2.06 bits per heavy atom. The maximum atomic E-state index is 10.8. The molecule has 86 valence electrons. The van der Waals surface area contributed by atoms with Crippen molar-refractivity contribution < 1.29 is 9.90 Å². The summed E-state index contributed by atoms with van der Waals surface area (Å²) in [5.74, 6) is -0.772. The molecule has 2 heteroatoms. The van der Waals surface area contributed by atoms with Crippen LogP contribution in [0.3, 0.4) is 0 Å². The zero-order valence-electron chi connectivity index (χ0n) is 10.1. The predicted octanol–water partition coefficient (Wildman–Crippen LogP) is 3.47. The summed E-state index contributed by atoms with van der Waals surface area (Å²) in [5.41, 5.74) is 2.75. The summed E-state index contributed by atoms with van der Waals surface area (Å²) in [5, 5.41) is 8.87. The highest BCUT2D eigenvalue weighted by Crippen LogP contribution is 2.28. The van der Waals surface area contributed by atoms with Gasteiger partial charge in [-0.15, -0.1) is 0 Å². The molecule has 0 aliphatic rings. The summed E-state index contributed by atoms with van der Waals surface area (Å²) >= 11 is 0. The summed E-state index contributed by atoms with van der Waals surface area (Å²) < 4.78 is 0. The van der Waals surface area contributed by atoms with Crippen molar-refractivity contribution in [2.24, 2.45) is 0 Å². The Balaban J connectivity index is 3.07. The average molecular weight is 218 g/mol. The first-order chi connectivity index (χ1) is 7.33. The molecule has 0 saturated carbocycles. The van der Waals surface area contributed by atoms with Gasteiger partial charge < -0.3 is 5.11 Å². The van der Waals surface area contributed by atoms with Gasteiger partial charge in [-0.2, -0.15) is 0 Å². The van der Waals surface area contributed by atoms with Crippen LogP contribution in [0.4, 0.5) is 0 Å². The van der Waals surface area contributed by atoms with Gasteiger partial charge in [0, 0.05) is 5.41 Å². The van der Waals surface area contributed by atoms with Crippen LogP contribution in [0.2, 0.25) is 0 Å². The van der Waals surface area contributed by atoms with Crippen LogP contribution in [-0.4, -0.2) is 11.1 Å². The molecule has 0 radical (unpaired) electrons. The normalized spacial score (nSPS) is 11.2. The highest BCUT2D eigenvalue weighted by Gasteiger charge is 2.24. The number of aliphatic carboxylic acids is 1. The molecule has 0 aliphatic heterocycles. The van der Waals surface area contributed by atoms with Gasteiger partial charge in [-0.05, 0) is 18.1 Å². The maximum Gasteiger partial charge on any atom is 0.304 e. The Morgan fingerprint density at radius 1 is 1.44 bits per heavy atom. The van der Waals surface area contributed by atoms with Crippen LogP contribution in [0.25, 0.3) is 5.57 Å². The van der Waals surface area contributed by atoms with Gasteiger partial charge in [-0.3, -0.25) is 4.79 Å². The van der Waals surface area contributed by atoms with Crippen molar-refractivity contribution in [2.45, 2.75) is 32.6 Å². The average Bonchev–Trinajstić information content (AvgIpc) is 2.16. The SMILES string of the molecule is C=C(C)c1cccc(C(C)(C)CC(=O)O)c1. The second-order valence-corrected chi connectivity index (χ2v) is 4.82. The molecule has 0 spiro atoms. The van der Waals surface area contributed by atoms with Gasteiger partial charge in [0.1, 0.15) is 0 Å². The van der Waals surface area contributed by atoms with E-state index < -0.39 is 5.97 Å². The number of hydrogen-bond donors (Lipinski definition) is 1. The third-order valence-corrected chi connectivity index (χ3v) is 2.73. The molecule has 0 saturated heterocycles. The van der Waals surface area contributed by atoms with E-state index in [2.05, 4.69) is 6.58 Å². The van der Waals surface area contributed by atoms with Crippen LogP contribution in [0.5, 0.6) is 0 Å². The lowest BCUT2D eigenvalue weighted by atomic mass is 9.80. The molecule has 16 heavy (non-hydrogen) atoms. The Morgan fingerprint density at radius 3 is 2.56 bits per heavy atom. The van der Waals surface area contributed by atoms with Crippen molar-refractivity contribution in [2.75, 3.05) is 0 Å². The van der Waals surface area contributed by atoms with Crippen LogP contribution in [0, 0.1) is 0 Å². The van der Waals surface area contributed by atoms with E-state index in [1.807, 2.05) is 45.0 Å². The monoisotopic (exact) mass is 218 g/mol. The molecule has 0 unspecified atom stereocenters. The molecule has 1 rings (SSSR count). The van der Waals surface area contributed by atoms with E-state index in [-0.39, 0.29) is 11.8 Å². The highest BCUT2D eigenvalue weighted by molar-refractivity contribution is 5.69. The zero-order chi connectivity index (χ0) is 12.3. The first-order valence-corrected chi connectivity index (χ1v) is 5.31. The summed E-state index contributed by atoms with van der Waals surface area (Å²) in [6.07, 6.45) is 0.132. The highest BCUT2D eigenvalue weighted by atomic mass is 16.4. The van der Waals surface area contributed by atoms with E-state index in [0.717, 1.165) is 16.7 Å². The van der Waals surface area contributed by atoms with Crippen molar-refractivity contribution in [1.82, 2.24) is 0 Å². The Labute approximate surface area is 96.6 Å². The molecule has 1 aromatic carbocycles. The molecule has 1 aromatic rings. The number of carboxylic acid groups (broad SMARTS) is 1. The summed E-state index contributed by atoms with van der Waals surface area (Å²) in [6, 6.07) is 7.92. The fourth-order valence-corrected chi connectivity index (χ4v) is 1.69. The predicted molar refractivity (Wildman–Crippen MR) is 66.4 cm³/mol. The zero-order valence-corrected chi connectivity index (χ0v) is 10.1. The van der Waals surface area contributed by atoms with Crippen LogP contribution in [0.1, 0.15) is 38.3 Å². The molecule has 0 fully saturated rings. The molecule has 0 aliphatic carbocycles. The third kappa shape index (κ3) is 2.96. The van der Waals surface area contributed by atoms with Gasteiger partial charge in [0.25, 0.3) is 0 Å². The number of carboxylic acids is 1. The lowest BCUT2D eigenvalue weighted by Gasteiger charge is -2.23. The molecule has 0 aromatic heterocycles. The van der Waals surface area contributed by atoms with Crippen LogP contribution >= 0.6 is 0 Å². The number of carbonyl (C=O) groups is 1. The second-order valence-electron chi connectivity index (χ2n) is 4.82. The van der Waals surface area contributed by atoms with Gasteiger partial charge in [0.05, 0.1) is 6.42 Å². The minimum Gasteiger partial charge on any atom is -0.481 e. The van der Waals surface area contributed by atoms with Crippen LogP contribution in [0.15, 0.2) is 30.8 Å². The Kier molecular flexibility index (Phi) is 3.53. The number of hydrogen-bond acceptors (Lipinski definition) is 1. The largest absolute Gasteiger partial charge is 0.481 e. The summed E-state index contributed by atoms with van der Waals surface area (Å²) in [4.78, 5) is 10.8. The maximum absolute atomic E-state index is 10.8. The first-order valence-electron chi connectivity index (χ1n) is 5.31. The van der Waals surface area contributed by atoms with E-state index in [1.165, 1.54) is 0 Å². The first kappa shape index (κ1) is 12.5. The number of benzene rings is 1. The van der Waals surface area contributed by atoms with E-state index in [1.54, 1.807) is 0 Å². The molecule has 0 bridgehead atoms. The van der Waals surface area contributed by atoms with Crippen LogP contribution < -0.4 is 0 Å². The fourth-order valence-electron chi connectivity index (χ4n) is 1.69. The van der Waals surface area contributed by atoms with E-state index in [0.29, 0.717) is 0 Å². The molecular weight excluding hydrogens is 200 g/mol. The van der Waals surface area contributed by atoms with Gasteiger partial charge >= 0.3 is 5.97 Å². The Bertz CT molecular complexity index is 416. The number of rotatable bonds is 4. The van der Waals surface area contributed by atoms with Gasteiger partial charge in [0.2, 0.25) is 0 Å². The molecule has 0 amide bonds. The minimum absolute atomic E-state index is 0.132. The van der Waals surface area contributed by atoms with Crippen molar-refractivity contribution in [3.8, 4) is 0 Å². The molecule has 0 atom stereocenters. The van der Waals surface area contributed by atoms with Crippen molar-refractivity contribution in [3.05, 3.63) is 42.0 Å². The topological polar surface area (TPSA) is 37.3 Å².